The van der Waals surface area contributed by atoms with Crippen molar-refractivity contribution in [3.8, 4) is 0 Å². The minimum Gasteiger partial charge on any atom is -0.393 e. The molecule has 0 aliphatic heterocycles. The van der Waals surface area contributed by atoms with E-state index in [1.54, 1.807) is 0 Å². The summed E-state index contributed by atoms with van der Waals surface area (Å²) in [6.45, 7) is 7.32. The van der Waals surface area contributed by atoms with Crippen LogP contribution < -0.4 is 0 Å². The molecule has 0 bridgehead atoms. The number of aliphatic hydroxyl groups is 2. The highest BCUT2D eigenvalue weighted by molar-refractivity contribution is 5.11. The summed E-state index contributed by atoms with van der Waals surface area (Å²) in [6.07, 6.45) is 7.87. The van der Waals surface area contributed by atoms with E-state index in [4.69, 9.17) is 0 Å². The van der Waals surface area contributed by atoms with E-state index in [-0.39, 0.29) is 17.6 Å². The molecule has 21 heavy (non-hydrogen) atoms. The summed E-state index contributed by atoms with van der Waals surface area (Å²) in [5.41, 5.74) is 0.718. The SMILES string of the molecule is CC1CC2C3CC(O)C4CC(O)CC4(C)C3CCC2(C)C1. The number of hydrogen-bond acceptors (Lipinski definition) is 2. The lowest BCUT2D eigenvalue weighted by Crippen LogP contribution is -2.53. The van der Waals surface area contributed by atoms with E-state index in [9.17, 15) is 10.2 Å². The molecule has 4 aliphatic carbocycles. The van der Waals surface area contributed by atoms with Crippen LogP contribution in [0, 0.1) is 40.4 Å². The van der Waals surface area contributed by atoms with Gasteiger partial charge in [-0.15, -0.1) is 0 Å². The minimum atomic E-state index is -0.177. The Morgan fingerprint density at radius 2 is 1.67 bits per heavy atom. The largest absolute Gasteiger partial charge is 0.393 e. The van der Waals surface area contributed by atoms with Crippen molar-refractivity contribution in [2.24, 2.45) is 40.4 Å². The zero-order chi connectivity index (χ0) is 15.0. The molecule has 4 saturated carbocycles. The van der Waals surface area contributed by atoms with Gasteiger partial charge in [-0.3, -0.25) is 0 Å². The maximum atomic E-state index is 10.8. The van der Waals surface area contributed by atoms with Gasteiger partial charge in [0.1, 0.15) is 0 Å². The minimum absolute atomic E-state index is 0.174. The summed E-state index contributed by atoms with van der Waals surface area (Å²) < 4.78 is 0. The number of hydrogen-bond donors (Lipinski definition) is 2. The summed E-state index contributed by atoms with van der Waals surface area (Å²) in [5, 5.41) is 21.0. The van der Waals surface area contributed by atoms with Crippen LogP contribution in [-0.4, -0.2) is 22.4 Å². The average molecular weight is 292 g/mol. The highest BCUT2D eigenvalue weighted by atomic mass is 16.3. The molecule has 2 nitrogen and oxygen atoms in total. The predicted octanol–water partition coefficient (Wildman–Crippen LogP) is 3.61. The molecule has 0 heterocycles. The fraction of sp³-hybridized carbons (Fsp3) is 1.00. The van der Waals surface area contributed by atoms with Crippen LogP contribution in [0.4, 0.5) is 0 Å². The Morgan fingerprint density at radius 3 is 2.43 bits per heavy atom. The average Bonchev–Trinajstić information content (AvgIpc) is 2.85. The molecule has 2 N–H and O–H groups in total. The monoisotopic (exact) mass is 292 g/mol. The standard InChI is InChI=1S/C19H32O2/c1-11-6-15-13-8-17(21)16-7-12(20)10-19(16,3)14(13)4-5-18(15,2)9-11/h11-17,20-21H,4-10H2,1-3H3. The van der Waals surface area contributed by atoms with Gasteiger partial charge >= 0.3 is 0 Å². The van der Waals surface area contributed by atoms with Crippen molar-refractivity contribution < 1.29 is 10.2 Å². The number of fused-ring (bicyclic) bond motifs is 5. The van der Waals surface area contributed by atoms with E-state index < -0.39 is 0 Å². The summed E-state index contributed by atoms with van der Waals surface area (Å²) in [7, 11) is 0. The molecule has 0 spiro atoms. The topological polar surface area (TPSA) is 40.5 Å². The van der Waals surface area contributed by atoms with Crippen molar-refractivity contribution in [3.63, 3.8) is 0 Å². The van der Waals surface area contributed by atoms with Crippen molar-refractivity contribution in [2.45, 2.75) is 77.9 Å². The van der Waals surface area contributed by atoms with Crippen molar-refractivity contribution in [2.75, 3.05) is 0 Å². The van der Waals surface area contributed by atoms with Crippen molar-refractivity contribution in [3.05, 3.63) is 0 Å². The second kappa shape index (κ2) is 4.47. The van der Waals surface area contributed by atoms with Gasteiger partial charge in [-0.1, -0.05) is 20.8 Å². The summed E-state index contributed by atoms with van der Waals surface area (Å²) in [4.78, 5) is 0. The summed E-state index contributed by atoms with van der Waals surface area (Å²) >= 11 is 0. The van der Waals surface area contributed by atoms with Crippen LogP contribution >= 0.6 is 0 Å². The first-order valence-corrected chi connectivity index (χ1v) is 9.19. The Kier molecular flexibility index (Phi) is 3.09. The van der Waals surface area contributed by atoms with Crippen LogP contribution in [0.3, 0.4) is 0 Å². The normalized spacial score (nSPS) is 63.0. The molecule has 0 amide bonds. The lowest BCUT2D eigenvalue weighted by Gasteiger charge is -2.58. The van der Waals surface area contributed by atoms with Crippen LogP contribution in [-0.2, 0) is 0 Å². The fourth-order valence-electron chi connectivity index (χ4n) is 7.63. The van der Waals surface area contributed by atoms with Gasteiger partial charge in [-0.25, -0.2) is 0 Å². The molecule has 120 valence electrons. The Bertz CT molecular complexity index is 435. The molecule has 2 heteroatoms. The van der Waals surface area contributed by atoms with E-state index in [1.165, 1.54) is 25.7 Å². The number of aliphatic hydroxyl groups excluding tert-OH is 2. The first-order chi connectivity index (χ1) is 9.83. The lowest BCUT2D eigenvalue weighted by molar-refractivity contribution is -0.125. The molecular weight excluding hydrogens is 260 g/mol. The van der Waals surface area contributed by atoms with Gasteiger partial charge in [0.15, 0.2) is 0 Å². The number of rotatable bonds is 0. The first-order valence-electron chi connectivity index (χ1n) is 9.19. The van der Waals surface area contributed by atoms with Crippen molar-refractivity contribution in [1.29, 1.82) is 0 Å². The van der Waals surface area contributed by atoms with E-state index >= 15 is 0 Å². The molecule has 4 rings (SSSR count). The molecule has 0 aromatic heterocycles. The Morgan fingerprint density at radius 1 is 0.905 bits per heavy atom. The third-order valence-corrected chi connectivity index (χ3v) is 8.30. The second-order valence-corrected chi connectivity index (χ2v) is 9.62. The van der Waals surface area contributed by atoms with Crippen LogP contribution in [0.2, 0.25) is 0 Å². The fourth-order valence-corrected chi connectivity index (χ4v) is 7.63. The predicted molar refractivity (Wildman–Crippen MR) is 83.7 cm³/mol. The van der Waals surface area contributed by atoms with E-state index in [0.29, 0.717) is 17.3 Å². The molecule has 0 saturated heterocycles. The Balaban J connectivity index is 1.68. The van der Waals surface area contributed by atoms with Crippen molar-refractivity contribution in [1.82, 2.24) is 0 Å². The van der Waals surface area contributed by atoms with Gasteiger partial charge in [-0.2, -0.15) is 0 Å². The quantitative estimate of drug-likeness (QED) is 0.716. The Hall–Kier alpha value is -0.0800. The molecule has 0 aromatic rings. The highest BCUT2D eigenvalue weighted by Crippen LogP contribution is 2.67. The van der Waals surface area contributed by atoms with Crippen LogP contribution in [0.1, 0.15) is 65.7 Å². The molecule has 4 aliphatic rings. The van der Waals surface area contributed by atoms with Gasteiger partial charge in [0, 0.05) is 0 Å². The lowest BCUT2D eigenvalue weighted by atomic mass is 9.48. The first kappa shape index (κ1) is 14.5. The van der Waals surface area contributed by atoms with Gasteiger partial charge in [0.25, 0.3) is 0 Å². The Labute approximate surface area is 129 Å². The van der Waals surface area contributed by atoms with E-state index in [0.717, 1.165) is 37.0 Å². The van der Waals surface area contributed by atoms with Gasteiger partial charge in [-0.05, 0) is 85.4 Å². The van der Waals surface area contributed by atoms with E-state index in [1.807, 2.05) is 0 Å². The molecular formula is C19H32O2. The second-order valence-electron chi connectivity index (χ2n) is 9.62. The van der Waals surface area contributed by atoms with Crippen LogP contribution in [0.15, 0.2) is 0 Å². The molecule has 0 aromatic carbocycles. The maximum Gasteiger partial charge on any atom is 0.0577 e. The molecule has 9 atom stereocenters. The summed E-state index contributed by atoms with van der Waals surface area (Å²) in [6, 6.07) is 0. The van der Waals surface area contributed by atoms with Crippen molar-refractivity contribution >= 4 is 0 Å². The van der Waals surface area contributed by atoms with Crippen LogP contribution in [0.25, 0.3) is 0 Å². The zero-order valence-electron chi connectivity index (χ0n) is 13.9. The zero-order valence-corrected chi connectivity index (χ0v) is 13.9. The molecule has 0 radical (unpaired) electrons. The van der Waals surface area contributed by atoms with E-state index in [2.05, 4.69) is 20.8 Å². The highest BCUT2D eigenvalue weighted by Gasteiger charge is 2.62. The van der Waals surface area contributed by atoms with Gasteiger partial charge < -0.3 is 10.2 Å². The maximum absolute atomic E-state index is 10.8. The third-order valence-electron chi connectivity index (χ3n) is 8.30. The van der Waals surface area contributed by atoms with Gasteiger partial charge in [0.05, 0.1) is 12.2 Å². The molecule has 4 fully saturated rings. The third kappa shape index (κ3) is 1.91. The van der Waals surface area contributed by atoms with Gasteiger partial charge in [0.2, 0.25) is 0 Å². The molecule has 9 unspecified atom stereocenters. The summed E-state index contributed by atoms with van der Waals surface area (Å²) in [5.74, 6) is 3.46. The van der Waals surface area contributed by atoms with Crippen LogP contribution in [0.5, 0.6) is 0 Å². The smallest absolute Gasteiger partial charge is 0.0577 e.